The molecule has 0 saturated heterocycles. The zero-order valence-corrected chi connectivity index (χ0v) is 14.0. The average Bonchev–Trinajstić information content (AvgIpc) is 2.44. The van der Waals surface area contributed by atoms with Gasteiger partial charge in [0.05, 0.1) is 11.9 Å². The first kappa shape index (κ1) is 14.4. The number of aromatic nitrogens is 1. The molecule has 0 amide bonds. The van der Waals surface area contributed by atoms with Crippen LogP contribution in [-0.4, -0.2) is 25.1 Å². The first-order valence-electron chi connectivity index (χ1n) is 7.28. The Bertz CT molecular complexity index is 604. The zero-order chi connectivity index (χ0) is 14.8. The summed E-state index contributed by atoms with van der Waals surface area (Å²) < 4.78 is 1.23. The van der Waals surface area contributed by atoms with Crippen LogP contribution >= 0.6 is 15.9 Å². The minimum Gasteiger partial charge on any atom is -0.381 e. The van der Waals surface area contributed by atoms with Crippen molar-refractivity contribution >= 4 is 27.4 Å². The molecule has 1 aromatic heterocycles. The third-order valence-corrected chi connectivity index (χ3v) is 4.78. The number of rotatable bonds is 4. The molecule has 110 valence electrons. The number of pyridine rings is 1. The van der Waals surface area contributed by atoms with Gasteiger partial charge in [-0.3, -0.25) is 0 Å². The van der Waals surface area contributed by atoms with Crippen LogP contribution < -0.4 is 10.2 Å². The lowest BCUT2D eigenvalue weighted by Gasteiger charge is -2.37. The molecule has 0 spiro atoms. The Morgan fingerprint density at radius 3 is 2.52 bits per heavy atom. The summed E-state index contributed by atoms with van der Waals surface area (Å²) in [6.45, 7) is 0. The Hall–Kier alpha value is -1.55. The van der Waals surface area contributed by atoms with E-state index in [9.17, 15) is 0 Å². The lowest BCUT2D eigenvalue weighted by molar-refractivity contribution is 0.373. The van der Waals surface area contributed by atoms with Gasteiger partial charge in [-0.05, 0) is 42.5 Å². The van der Waals surface area contributed by atoms with Gasteiger partial charge in [0.1, 0.15) is 5.82 Å². The van der Waals surface area contributed by atoms with E-state index in [1.54, 1.807) is 0 Å². The third kappa shape index (κ3) is 3.21. The molecule has 21 heavy (non-hydrogen) atoms. The van der Waals surface area contributed by atoms with E-state index in [1.165, 1.54) is 22.9 Å². The number of hydrogen-bond acceptors (Lipinski definition) is 3. The molecule has 1 N–H and O–H groups in total. The fourth-order valence-corrected chi connectivity index (χ4v) is 3.38. The quantitative estimate of drug-likeness (QED) is 0.896. The number of nitrogens with one attached hydrogen (secondary N) is 1. The van der Waals surface area contributed by atoms with Crippen LogP contribution in [-0.2, 0) is 0 Å². The lowest BCUT2D eigenvalue weighted by Crippen LogP contribution is -2.34. The molecule has 0 unspecified atom stereocenters. The monoisotopic (exact) mass is 345 g/mol. The van der Waals surface area contributed by atoms with Crippen molar-refractivity contribution in [3.05, 3.63) is 52.6 Å². The summed E-state index contributed by atoms with van der Waals surface area (Å²) in [6.07, 6.45) is 4.27. The molecule has 1 aliphatic rings. The van der Waals surface area contributed by atoms with E-state index in [0.29, 0.717) is 12.0 Å². The second-order valence-electron chi connectivity index (χ2n) is 5.83. The van der Waals surface area contributed by atoms with Crippen LogP contribution in [0.5, 0.6) is 0 Å². The molecule has 3 rings (SSSR count). The largest absolute Gasteiger partial charge is 0.381 e. The van der Waals surface area contributed by atoms with E-state index in [4.69, 9.17) is 0 Å². The van der Waals surface area contributed by atoms with Crippen molar-refractivity contribution in [1.82, 2.24) is 4.98 Å². The molecular weight excluding hydrogens is 326 g/mol. The van der Waals surface area contributed by atoms with Crippen molar-refractivity contribution in [2.24, 2.45) is 0 Å². The van der Waals surface area contributed by atoms with Crippen LogP contribution in [0.1, 0.15) is 24.3 Å². The number of benzene rings is 1. The standard InChI is InChI=1S/C17H20BrN3/c1-21(2)17-8-7-13(11-19-17)20-14-9-12(10-14)15-5-3-4-6-16(15)18/h3-8,11-12,14,20H,9-10H2,1-2H3. The number of halogens is 1. The van der Waals surface area contributed by atoms with Crippen LogP contribution in [0, 0.1) is 0 Å². The van der Waals surface area contributed by atoms with Crippen LogP contribution in [0.2, 0.25) is 0 Å². The number of hydrogen-bond donors (Lipinski definition) is 1. The number of anilines is 2. The lowest BCUT2D eigenvalue weighted by atomic mass is 9.76. The van der Waals surface area contributed by atoms with Crippen LogP contribution in [0.25, 0.3) is 0 Å². The van der Waals surface area contributed by atoms with Gasteiger partial charge in [0, 0.05) is 24.6 Å². The van der Waals surface area contributed by atoms with Crippen molar-refractivity contribution in [2.45, 2.75) is 24.8 Å². The molecule has 4 heteroatoms. The van der Waals surface area contributed by atoms with Gasteiger partial charge in [-0.2, -0.15) is 0 Å². The maximum absolute atomic E-state index is 4.44. The molecule has 1 aromatic carbocycles. The summed E-state index contributed by atoms with van der Waals surface area (Å²) in [6, 6.07) is 13.2. The first-order chi connectivity index (χ1) is 10.1. The molecular formula is C17H20BrN3. The summed E-state index contributed by atoms with van der Waals surface area (Å²) in [5, 5.41) is 3.57. The van der Waals surface area contributed by atoms with Crippen molar-refractivity contribution in [2.75, 3.05) is 24.3 Å². The van der Waals surface area contributed by atoms with E-state index < -0.39 is 0 Å². The zero-order valence-electron chi connectivity index (χ0n) is 12.4. The average molecular weight is 346 g/mol. The predicted molar refractivity (Wildman–Crippen MR) is 92.1 cm³/mol. The second-order valence-corrected chi connectivity index (χ2v) is 6.68. The molecule has 2 aromatic rings. The van der Waals surface area contributed by atoms with Crippen LogP contribution in [0.3, 0.4) is 0 Å². The summed E-state index contributed by atoms with van der Waals surface area (Å²) >= 11 is 3.64. The van der Waals surface area contributed by atoms with Crippen molar-refractivity contribution in [3.63, 3.8) is 0 Å². The minimum atomic E-state index is 0.550. The highest BCUT2D eigenvalue weighted by Crippen LogP contribution is 2.41. The molecule has 1 heterocycles. The highest BCUT2D eigenvalue weighted by molar-refractivity contribution is 9.10. The van der Waals surface area contributed by atoms with Crippen molar-refractivity contribution in [1.29, 1.82) is 0 Å². The normalized spacial score (nSPS) is 20.7. The molecule has 0 radical (unpaired) electrons. The van der Waals surface area contributed by atoms with Crippen LogP contribution in [0.15, 0.2) is 47.1 Å². The summed E-state index contributed by atoms with van der Waals surface area (Å²) in [5.41, 5.74) is 2.54. The van der Waals surface area contributed by atoms with E-state index >= 15 is 0 Å². The molecule has 1 saturated carbocycles. The third-order valence-electron chi connectivity index (χ3n) is 4.06. The van der Waals surface area contributed by atoms with E-state index in [1.807, 2.05) is 31.3 Å². The molecule has 0 bridgehead atoms. The number of nitrogens with zero attached hydrogens (tertiary/aromatic N) is 2. The Morgan fingerprint density at radius 2 is 1.90 bits per heavy atom. The fraction of sp³-hybridized carbons (Fsp3) is 0.353. The van der Waals surface area contributed by atoms with Gasteiger partial charge in [-0.1, -0.05) is 34.1 Å². The molecule has 1 fully saturated rings. The summed E-state index contributed by atoms with van der Waals surface area (Å²) in [5.74, 6) is 1.65. The first-order valence-corrected chi connectivity index (χ1v) is 8.07. The van der Waals surface area contributed by atoms with E-state index in [-0.39, 0.29) is 0 Å². The van der Waals surface area contributed by atoms with Gasteiger partial charge < -0.3 is 10.2 Å². The molecule has 0 aliphatic heterocycles. The fourth-order valence-electron chi connectivity index (χ4n) is 2.77. The minimum absolute atomic E-state index is 0.550. The van der Waals surface area contributed by atoms with Crippen molar-refractivity contribution in [3.8, 4) is 0 Å². The van der Waals surface area contributed by atoms with Gasteiger partial charge in [-0.15, -0.1) is 0 Å². The Kier molecular flexibility index (Phi) is 4.15. The van der Waals surface area contributed by atoms with Gasteiger partial charge in [-0.25, -0.2) is 4.98 Å². The van der Waals surface area contributed by atoms with Gasteiger partial charge in [0.2, 0.25) is 0 Å². The Balaban J connectivity index is 1.56. The highest BCUT2D eigenvalue weighted by atomic mass is 79.9. The van der Waals surface area contributed by atoms with Gasteiger partial charge in [0.15, 0.2) is 0 Å². The highest BCUT2D eigenvalue weighted by Gasteiger charge is 2.31. The Labute approximate surface area is 134 Å². The summed E-state index contributed by atoms with van der Waals surface area (Å²) in [4.78, 5) is 6.45. The SMILES string of the molecule is CN(C)c1ccc(NC2CC(c3ccccc3Br)C2)cn1. The van der Waals surface area contributed by atoms with Crippen molar-refractivity contribution < 1.29 is 0 Å². The molecule has 3 nitrogen and oxygen atoms in total. The van der Waals surface area contributed by atoms with Crippen LogP contribution in [0.4, 0.5) is 11.5 Å². The smallest absolute Gasteiger partial charge is 0.128 e. The molecule has 0 atom stereocenters. The maximum Gasteiger partial charge on any atom is 0.128 e. The molecule has 1 aliphatic carbocycles. The second kappa shape index (κ2) is 6.06. The van der Waals surface area contributed by atoms with Gasteiger partial charge in [0.25, 0.3) is 0 Å². The van der Waals surface area contributed by atoms with Gasteiger partial charge >= 0.3 is 0 Å². The topological polar surface area (TPSA) is 28.2 Å². The van der Waals surface area contributed by atoms with E-state index in [2.05, 4.69) is 56.6 Å². The Morgan fingerprint density at radius 1 is 1.14 bits per heavy atom. The maximum atomic E-state index is 4.44. The van der Waals surface area contributed by atoms with E-state index in [0.717, 1.165) is 11.5 Å². The predicted octanol–water partition coefficient (Wildman–Crippen LogP) is 4.27. The summed E-state index contributed by atoms with van der Waals surface area (Å²) in [7, 11) is 4.01.